The molecule has 158 valence electrons. The summed E-state index contributed by atoms with van der Waals surface area (Å²) in [5, 5.41) is 6.52. The molecule has 2 aromatic carbocycles. The minimum atomic E-state index is -3.46. The molecule has 0 aliphatic carbocycles. The minimum Gasteiger partial charge on any atom is -0.497 e. The van der Waals surface area contributed by atoms with Crippen molar-refractivity contribution in [2.45, 2.75) is 13.8 Å². The van der Waals surface area contributed by atoms with E-state index >= 15 is 0 Å². The Morgan fingerprint density at radius 1 is 1.00 bits per heavy atom. The monoisotopic (exact) mass is 447 g/mol. The van der Waals surface area contributed by atoms with Gasteiger partial charge >= 0.3 is 0 Å². The summed E-state index contributed by atoms with van der Waals surface area (Å²) in [6.07, 6.45) is 2.56. The zero-order valence-corrected chi connectivity index (χ0v) is 18.5. The van der Waals surface area contributed by atoms with Gasteiger partial charge in [0.05, 0.1) is 30.9 Å². The van der Waals surface area contributed by atoms with Crippen LogP contribution in [0, 0.1) is 13.8 Å². The topological polar surface area (TPSA) is 105 Å². The molecular formula is C20H22ClN5O3S. The molecule has 0 spiro atoms. The van der Waals surface area contributed by atoms with Crippen molar-refractivity contribution in [1.82, 2.24) is 9.97 Å². The number of methoxy groups -OCH3 is 1. The second-order valence-corrected chi connectivity index (χ2v) is 8.90. The van der Waals surface area contributed by atoms with Crippen molar-refractivity contribution < 1.29 is 13.2 Å². The van der Waals surface area contributed by atoms with Crippen LogP contribution in [0.2, 0.25) is 5.02 Å². The van der Waals surface area contributed by atoms with E-state index in [0.29, 0.717) is 23.1 Å². The van der Waals surface area contributed by atoms with E-state index in [2.05, 4.69) is 25.3 Å². The van der Waals surface area contributed by atoms with Gasteiger partial charge < -0.3 is 15.4 Å². The molecule has 0 fully saturated rings. The zero-order chi connectivity index (χ0) is 21.9. The van der Waals surface area contributed by atoms with Crippen LogP contribution >= 0.6 is 11.6 Å². The zero-order valence-electron chi connectivity index (χ0n) is 16.9. The van der Waals surface area contributed by atoms with E-state index < -0.39 is 10.0 Å². The highest BCUT2D eigenvalue weighted by atomic mass is 35.5. The van der Waals surface area contributed by atoms with Crippen LogP contribution in [0.3, 0.4) is 0 Å². The largest absolute Gasteiger partial charge is 0.497 e. The summed E-state index contributed by atoms with van der Waals surface area (Å²) < 4.78 is 31.1. The Bertz CT molecular complexity index is 1190. The quantitative estimate of drug-likeness (QED) is 0.485. The number of halogens is 1. The Balaban J connectivity index is 1.90. The third kappa shape index (κ3) is 5.52. The maximum atomic E-state index is 11.7. The summed E-state index contributed by atoms with van der Waals surface area (Å²) in [5.41, 5.74) is 3.59. The number of hydrogen-bond donors (Lipinski definition) is 3. The minimum absolute atomic E-state index is 0.290. The van der Waals surface area contributed by atoms with Crippen molar-refractivity contribution in [3.63, 3.8) is 0 Å². The Labute approximate surface area is 180 Å². The molecule has 0 radical (unpaired) electrons. The van der Waals surface area contributed by atoms with Gasteiger partial charge in [0.25, 0.3) is 0 Å². The number of sulfonamides is 1. The second kappa shape index (κ2) is 8.76. The lowest BCUT2D eigenvalue weighted by atomic mass is 10.2. The van der Waals surface area contributed by atoms with Gasteiger partial charge in [-0.3, -0.25) is 4.72 Å². The summed E-state index contributed by atoms with van der Waals surface area (Å²) in [7, 11) is -1.85. The molecule has 3 N–H and O–H groups in total. The fourth-order valence-corrected chi connectivity index (χ4v) is 3.42. The van der Waals surface area contributed by atoms with Crippen LogP contribution in [-0.4, -0.2) is 31.8 Å². The van der Waals surface area contributed by atoms with Crippen molar-refractivity contribution >= 4 is 50.5 Å². The van der Waals surface area contributed by atoms with Crippen LogP contribution in [0.4, 0.5) is 28.8 Å². The standard InChI is InChI=1S/C20H22ClN5O3S/c1-12-5-7-17(18(9-12)26-30(4,27)28)23-19-15(21)11-22-20(25-19)24-16-8-6-14(29-3)10-13(16)2/h5-11,26H,1-4H3,(H2,22,23,24,25). The fourth-order valence-electron chi connectivity index (χ4n) is 2.72. The van der Waals surface area contributed by atoms with E-state index in [1.54, 1.807) is 19.2 Å². The van der Waals surface area contributed by atoms with Crippen LogP contribution < -0.4 is 20.1 Å². The van der Waals surface area contributed by atoms with Gasteiger partial charge in [0, 0.05) is 5.69 Å². The van der Waals surface area contributed by atoms with E-state index in [4.69, 9.17) is 16.3 Å². The van der Waals surface area contributed by atoms with Gasteiger partial charge in [0.1, 0.15) is 10.8 Å². The molecule has 0 amide bonds. The van der Waals surface area contributed by atoms with Crippen molar-refractivity contribution in [2.75, 3.05) is 28.7 Å². The molecule has 1 aromatic heterocycles. The number of benzene rings is 2. The van der Waals surface area contributed by atoms with Gasteiger partial charge in [-0.15, -0.1) is 0 Å². The Kier molecular flexibility index (Phi) is 6.33. The van der Waals surface area contributed by atoms with Crippen molar-refractivity contribution in [2.24, 2.45) is 0 Å². The van der Waals surface area contributed by atoms with Crippen LogP contribution in [0.5, 0.6) is 5.75 Å². The highest BCUT2D eigenvalue weighted by molar-refractivity contribution is 7.92. The first-order chi connectivity index (χ1) is 14.1. The molecule has 0 unspecified atom stereocenters. The highest BCUT2D eigenvalue weighted by Crippen LogP contribution is 2.31. The van der Waals surface area contributed by atoms with Crippen LogP contribution in [0.25, 0.3) is 0 Å². The van der Waals surface area contributed by atoms with E-state index in [0.717, 1.165) is 28.8 Å². The molecule has 0 aliphatic heterocycles. The number of anilines is 5. The van der Waals surface area contributed by atoms with Crippen LogP contribution in [0.15, 0.2) is 42.6 Å². The van der Waals surface area contributed by atoms with E-state index in [-0.39, 0.29) is 5.02 Å². The lowest BCUT2D eigenvalue weighted by Gasteiger charge is -2.15. The molecule has 0 bridgehead atoms. The van der Waals surface area contributed by atoms with Gasteiger partial charge in [0.2, 0.25) is 16.0 Å². The molecule has 0 saturated carbocycles. The molecule has 1 heterocycles. The predicted molar refractivity (Wildman–Crippen MR) is 121 cm³/mol. The molecule has 30 heavy (non-hydrogen) atoms. The summed E-state index contributed by atoms with van der Waals surface area (Å²) in [4.78, 5) is 8.65. The number of nitrogens with one attached hydrogen (secondary N) is 3. The molecule has 3 rings (SSSR count). The normalized spacial score (nSPS) is 11.1. The van der Waals surface area contributed by atoms with E-state index in [1.807, 2.05) is 38.1 Å². The fraction of sp³-hybridized carbons (Fsp3) is 0.200. The predicted octanol–water partition coefficient (Wildman–Crippen LogP) is 4.61. The number of hydrogen-bond acceptors (Lipinski definition) is 7. The molecule has 0 atom stereocenters. The molecule has 3 aromatic rings. The average molecular weight is 448 g/mol. The van der Waals surface area contributed by atoms with Gasteiger partial charge in [-0.05, 0) is 55.3 Å². The molecule has 10 heteroatoms. The number of aryl methyl sites for hydroxylation is 2. The Hall–Kier alpha value is -3.04. The lowest BCUT2D eigenvalue weighted by Crippen LogP contribution is -2.11. The van der Waals surface area contributed by atoms with Crippen molar-refractivity contribution in [1.29, 1.82) is 0 Å². The molecule has 8 nitrogen and oxygen atoms in total. The third-order valence-corrected chi connectivity index (χ3v) is 5.01. The van der Waals surface area contributed by atoms with Crippen molar-refractivity contribution in [3.05, 3.63) is 58.7 Å². The smallest absolute Gasteiger partial charge is 0.229 e. The molecular weight excluding hydrogens is 426 g/mol. The first-order valence-electron chi connectivity index (χ1n) is 8.94. The lowest BCUT2D eigenvalue weighted by molar-refractivity contribution is 0.414. The molecule has 0 aliphatic rings. The average Bonchev–Trinajstić information content (AvgIpc) is 2.66. The van der Waals surface area contributed by atoms with Gasteiger partial charge in [-0.25, -0.2) is 13.4 Å². The summed E-state index contributed by atoms with van der Waals surface area (Å²) in [5.74, 6) is 1.42. The first-order valence-corrected chi connectivity index (χ1v) is 11.2. The van der Waals surface area contributed by atoms with E-state index in [1.165, 1.54) is 6.20 Å². The Morgan fingerprint density at radius 2 is 1.73 bits per heavy atom. The van der Waals surface area contributed by atoms with Crippen LogP contribution in [0.1, 0.15) is 11.1 Å². The van der Waals surface area contributed by atoms with Gasteiger partial charge in [0.15, 0.2) is 5.82 Å². The maximum absolute atomic E-state index is 11.7. The van der Waals surface area contributed by atoms with Gasteiger partial charge in [-0.2, -0.15) is 4.98 Å². The first kappa shape index (κ1) is 21.7. The Morgan fingerprint density at radius 3 is 2.40 bits per heavy atom. The summed E-state index contributed by atoms with van der Waals surface area (Å²) >= 11 is 6.27. The van der Waals surface area contributed by atoms with E-state index in [9.17, 15) is 8.42 Å². The number of nitrogens with zero attached hydrogens (tertiary/aromatic N) is 2. The maximum Gasteiger partial charge on any atom is 0.229 e. The number of rotatable bonds is 7. The van der Waals surface area contributed by atoms with Gasteiger partial charge in [-0.1, -0.05) is 17.7 Å². The third-order valence-electron chi connectivity index (χ3n) is 4.15. The number of ether oxygens (including phenoxy) is 1. The molecule has 0 saturated heterocycles. The SMILES string of the molecule is COc1ccc(Nc2ncc(Cl)c(Nc3ccc(C)cc3NS(C)(=O)=O)n2)c(C)c1. The van der Waals surface area contributed by atoms with Crippen molar-refractivity contribution in [3.8, 4) is 5.75 Å². The summed E-state index contributed by atoms with van der Waals surface area (Å²) in [6.45, 7) is 3.81. The highest BCUT2D eigenvalue weighted by Gasteiger charge is 2.12. The van der Waals surface area contributed by atoms with Crippen LogP contribution in [-0.2, 0) is 10.0 Å². The number of aromatic nitrogens is 2. The second-order valence-electron chi connectivity index (χ2n) is 6.74. The summed E-state index contributed by atoms with van der Waals surface area (Å²) in [6, 6.07) is 10.9.